The Labute approximate surface area is 190 Å². The van der Waals surface area contributed by atoms with Crippen molar-refractivity contribution in [1.82, 2.24) is 9.88 Å². The van der Waals surface area contributed by atoms with Crippen LogP contribution in [0, 0.1) is 0 Å². The molecule has 3 heterocycles. The van der Waals surface area contributed by atoms with E-state index < -0.39 is 36.0 Å². The zero-order valence-electron chi connectivity index (χ0n) is 17.6. The van der Waals surface area contributed by atoms with Crippen molar-refractivity contribution in [2.75, 3.05) is 10.2 Å². The van der Waals surface area contributed by atoms with E-state index in [0.29, 0.717) is 5.56 Å². The average Bonchev–Trinajstić information content (AvgIpc) is 3.38. The van der Waals surface area contributed by atoms with Crippen molar-refractivity contribution in [3.05, 3.63) is 72.3 Å². The number of anilines is 2. The number of imide groups is 1. The van der Waals surface area contributed by atoms with Gasteiger partial charge >= 0.3 is 12.4 Å². The molecule has 1 aliphatic rings. The van der Waals surface area contributed by atoms with Gasteiger partial charge in [-0.2, -0.15) is 0 Å². The van der Waals surface area contributed by atoms with E-state index in [4.69, 9.17) is 4.42 Å². The molecular formula is C22H17F3N4O5. The molecule has 12 heteroatoms. The SMILES string of the molecule is CC1C(=O)N(c2ccc(OC(F)(F)F)cc2)C(=O)N1Cc1ccnc(NC(=O)c2ccco2)c1. The Bertz CT molecular complexity index is 1210. The first kappa shape index (κ1) is 22.8. The maximum atomic E-state index is 13.0. The maximum absolute atomic E-state index is 13.0. The van der Waals surface area contributed by atoms with Crippen molar-refractivity contribution in [2.45, 2.75) is 25.9 Å². The summed E-state index contributed by atoms with van der Waals surface area (Å²) < 4.78 is 45.9. The summed E-state index contributed by atoms with van der Waals surface area (Å²) in [5, 5.41) is 2.58. The van der Waals surface area contributed by atoms with Crippen molar-refractivity contribution in [3.63, 3.8) is 0 Å². The largest absolute Gasteiger partial charge is 0.573 e. The number of furan rings is 1. The predicted octanol–water partition coefficient (Wildman–Crippen LogP) is 4.18. The van der Waals surface area contributed by atoms with Gasteiger partial charge in [-0.15, -0.1) is 13.2 Å². The van der Waals surface area contributed by atoms with Gasteiger partial charge in [0.1, 0.15) is 17.6 Å². The number of nitrogens with zero attached hydrogens (tertiary/aromatic N) is 3. The summed E-state index contributed by atoms with van der Waals surface area (Å²) >= 11 is 0. The van der Waals surface area contributed by atoms with Crippen LogP contribution in [0.1, 0.15) is 23.0 Å². The molecule has 1 aliphatic heterocycles. The number of ether oxygens (including phenoxy) is 1. The lowest BCUT2D eigenvalue weighted by atomic mass is 10.2. The van der Waals surface area contributed by atoms with Gasteiger partial charge < -0.3 is 19.4 Å². The minimum atomic E-state index is -4.85. The van der Waals surface area contributed by atoms with E-state index in [1.807, 2.05) is 0 Å². The van der Waals surface area contributed by atoms with Gasteiger partial charge in [0.25, 0.3) is 11.8 Å². The summed E-state index contributed by atoms with van der Waals surface area (Å²) in [6, 6.07) is 9.21. The molecule has 4 rings (SSSR count). The van der Waals surface area contributed by atoms with E-state index >= 15 is 0 Å². The standard InChI is InChI=1S/C22H17F3N4O5/c1-13-20(31)29(15-4-6-16(7-5-15)34-22(23,24)25)21(32)28(13)12-14-8-9-26-18(11-14)27-19(30)17-3-2-10-33-17/h2-11,13H,12H2,1H3,(H,26,27,30). The van der Waals surface area contributed by atoms with E-state index in [1.54, 1.807) is 25.1 Å². The van der Waals surface area contributed by atoms with Crippen LogP contribution in [0.25, 0.3) is 0 Å². The Balaban J connectivity index is 1.48. The Kier molecular flexibility index (Phi) is 5.97. The molecule has 2 aromatic heterocycles. The van der Waals surface area contributed by atoms with Gasteiger partial charge in [0.05, 0.1) is 12.0 Å². The zero-order valence-corrected chi connectivity index (χ0v) is 17.6. The third-order valence-electron chi connectivity index (χ3n) is 4.97. The van der Waals surface area contributed by atoms with Crippen LogP contribution in [0.2, 0.25) is 0 Å². The highest BCUT2D eigenvalue weighted by Crippen LogP contribution is 2.30. The van der Waals surface area contributed by atoms with Crippen molar-refractivity contribution in [3.8, 4) is 5.75 Å². The highest BCUT2D eigenvalue weighted by atomic mass is 19.4. The Morgan fingerprint density at radius 3 is 2.56 bits per heavy atom. The molecule has 1 saturated heterocycles. The van der Waals surface area contributed by atoms with Gasteiger partial charge in [-0.3, -0.25) is 9.59 Å². The molecule has 0 radical (unpaired) electrons. The third-order valence-corrected chi connectivity index (χ3v) is 4.97. The van der Waals surface area contributed by atoms with Crippen molar-refractivity contribution in [2.24, 2.45) is 0 Å². The first-order valence-electron chi connectivity index (χ1n) is 9.92. The van der Waals surface area contributed by atoms with E-state index in [-0.39, 0.29) is 23.8 Å². The van der Waals surface area contributed by atoms with Gasteiger partial charge in [-0.25, -0.2) is 14.7 Å². The summed E-state index contributed by atoms with van der Waals surface area (Å²) in [5.74, 6) is -1.18. The highest BCUT2D eigenvalue weighted by Gasteiger charge is 2.43. The third kappa shape index (κ3) is 4.85. The first-order chi connectivity index (χ1) is 16.1. The van der Waals surface area contributed by atoms with E-state index in [2.05, 4.69) is 15.0 Å². The van der Waals surface area contributed by atoms with Crippen LogP contribution in [-0.4, -0.2) is 40.1 Å². The minimum absolute atomic E-state index is 0.0314. The quantitative estimate of drug-likeness (QED) is 0.538. The van der Waals surface area contributed by atoms with Crippen LogP contribution >= 0.6 is 0 Å². The number of urea groups is 1. The van der Waals surface area contributed by atoms with E-state index in [9.17, 15) is 27.6 Å². The second-order valence-electron chi connectivity index (χ2n) is 7.28. The van der Waals surface area contributed by atoms with Gasteiger partial charge in [-0.1, -0.05) is 0 Å². The van der Waals surface area contributed by atoms with Gasteiger partial charge in [0.2, 0.25) is 0 Å². The number of benzene rings is 1. The number of carbonyl (C=O) groups excluding carboxylic acids is 3. The van der Waals surface area contributed by atoms with Crippen LogP contribution in [0.4, 0.5) is 29.5 Å². The smallest absolute Gasteiger partial charge is 0.459 e. The summed E-state index contributed by atoms with van der Waals surface area (Å²) in [4.78, 5) is 44.1. The highest BCUT2D eigenvalue weighted by molar-refractivity contribution is 6.21. The lowest BCUT2D eigenvalue weighted by Gasteiger charge is -2.20. The molecule has 1 aromatic carbocycles. The lowest BCUT2D eigenvalue weighted by molar-refractivity contribution is -0.274. The Morgan fingerprint density at radius 1 is 1.18 bits per heavy atom. The molecule has 34 heavy (non-hydrogen) atoms. The Morgan fingerprint density at radius 2 is 1.91 bits per heavy atom. The fraction of sp³-hybridized carbons (Fsp3) is 0.182. The summed E-state index contributed by atoms with van der Waals surface area (Å²) in [5.41, 5.74) is 0.702. The number of hydrogen-bond donors (Lipinski definition) is 1. The van der Waals surface area contributed by atoms with Crippen LogP contribution in [0.15, 0.2) is 65.4 Å². The summed E-state index contributed by atoms with van der Waals surface area (Å²) in [7, 11) is 0. The number of rotatable bonds is 6. The monoisotopic (exact) mass is 474 g/mol. The molecule has 1 atom stereocenters. The average molecular weight is 474 g/mol. The van der Waals surface area contributed by atoms with Crippen LogP contribution in [0.5, 0.6) is 5.75 Å². The maximum Gasteiger partial charge on any atom is 0.573 e. The van der Waals surface area contributed by atoms with E-state index in [1.165, 1.54) is 35.6 Å². The number of nitrogens with one attached hydrogen (secondary N) is 1. The van der Waals surface area contributed by atoms with Crippen molar-refractivity contribution < 1.29 is 36.7 Å². The number of alkyl halides is 3. The fourth-order valence-corrected chi connectivity index (χ4v) is 3.37. The molecule has 9 nitrogen and oxygen atoms in total. The molecule has 1 N–H and O–H groups in total. The van der Waals surface area contributed by atoms with Crippen LogP contribution in [0.3, 0.4) is 0 Å². The minimum Gasteiger partial charge on any atom is -0.459 e. The topological polar surface area (TPSA) is 105 Å². The molecular weight excluding hydrogens is 457 g/mol. The molecule has 0 aliphatic carbocycles. The van der Waals surface area contributed by atoms with Crippen molar-refractivity contribution in [1.29, 1.82) is 0 Å². The number of pyridine rings is 1. The van der Waals surface area contributed by atoms with E-state index in [0.717, 1.165) is 17.0 Å². The number of hydrogen-bond acceptors (Lipinski definition) is 6. The van der Waals surface area contributed by atoms with Gasteiger partial charge in [-0.05, 0) is 61.0 Å². The molecule has 1 fully saturated rings. The predicted molar refractivity (Wildman–Crippen MR) is 112 cm³/mol. The molecule has 3 aromatic rings. The summed E-state index contributed by atoms with van der Waals surface area (Å²) in [6.07, 6.45) is -2.05. The fourth-order valence-electron chi connectivity index (χ4n) is 3.37. The number of halogens is 3. The molecule has 176 valence electrons. The van der Waals surface area contributed by atoms with Crippen LogP contribution in [-0.2, 0) is 11.3 Å². The first-order valence-corrected chi connectivity index (χ1v) is 9.92. The molecule has 0 saturated carbocycles. The lowest BCUT2D eigenvalue weighted by Crippen LogP contribution is -2.33. The molecule has 0 spiro atoms. The molecule has 0 bridgehead atoms. The number of carbonyl (C=O) groups is 3. The second-order valence-corrected chi connectivity index (χ2v) is 7.28. The normalized spacial score (nSPS) is 16.2. The van der Waals surface area contributed by atoms with Crippen LogP contribution < -0.4 is 15.0 Å². The number of amides is 4. The Hall–Kier alpha value is -4.35. The zero-order chi connectivity index (χ0) is 24.5. The molecule has 1 unspecified atom stereocenters. The van der Waals surface area contributed by atoms with Gasteiger partial charge in [0.15, 0.2) is 5.76 Å². The molecule has 4 amide bonds. The van der Waals surface area contributed by atoms with Gasteiger partial charge in [0, 0.05) is 12.7 Å². The number of aromatic nitrogens is 1. The second kappa shape index (κ2) is 8.89. The summed E-state index contributed by atoms with van der Waals surface area (Å²) in [6.45, 7) is 1.58. The van der Waals surface area contributed by atoms with Crippen molar-refractivity contribution >= 4 is 29.4 Å².